The molecule has 12 rings (SSSR count). The lowest BCUT2D eigenvalue weighted by Crippen LogP contribution is -2.55. The standard InChI is InChI=1S/C52H40N2/c53-32-33-17-19-36(20-18-33)45-15-8-16-47-46-22-21-41(29-48(46)52(51(45)47)43-24-34-23-35(26-43)27-44(52)25-34)39-13-7-14-40(28-39)42-30-49(37-9-3-1-4-10-37)54-50(31-42)38-11-5-2-6-12-38/h1-22,28-31,34-35,43-44H,23-27H2. The SMILES string of the molecule is N#Cc1ccc(-c2cccc3c2C2(c4cc(-c5cccc(-c6cc(-c7ccccc7)nc(-c7ccccc7)c6)c5)ccc4-3)C3CC4CC(C3)CC2C4)cc1. The molecule has 0 amide bonds. The molecule has 4 bridgehead atoms. The minimum Gasteiger partial charge on any atom is -0.248 e. The van der Waals surface area contributed by atoms with Crippen molar-refractivity contribution in [1.29, 1.82) is 5.26 Å². The molecule has 4 fully saturated rings. The highest BCUT2D eigenvalue weighted by molar-refractivity contribution is 5.91. The van der Waals surface area contributed by atoms with Gasteiger partial charge >= 0.3 is 0 Å². The van der Waals surface area contributed by atoms with Crippen molar-refractivity contribution in [1.82, 2.24) is 4.98 Å². The summed E-state index contributed by atoms with van der Waals surface area (Å²) in [4.78, 5) is 5.15. The summed E-state index contributed by atoms with van der Waals surface area (Å²) in [6.45, 7) is 0. The van der Waals surface area contributed by atoms with Crippen LogP contribution >= 0.6 is 0 Å². The number of hydrogen-bond acceptors (Lipinski definition) is 2. The first kappa shape index (κ1) is 31.5. The molecule has 5 aliphatic rings. The van der Waals surface area contributed by atoms with E-state index in [4.69, 9.17) is 4.98 Å². The Morgan fingerprint density at radius 3 is 1.61 bits per heavy atom. The van der Waals surface area contributed by atoms with Crippen LogP contribution in [0.3, 0.4) is 0 Å². The molecular weight excluding hydrogens is 653 g/mol. The maximum absolute atomic E-state index is 9.58. The van der Waals surface area contributed by atoms with Crippen molar-refractivity contribution in [2.45, 2.75) is 37.5 Å². The van der Waals surface area contributed by atoms with E-state index in [1.54, 1.807) is 11.1 Å². The molecule has 258 valence electrons. The minimum atomic E-state index is 0.0104. The molecule has 2 heteroatoms. The van der Waals surface area contributed by atoms with E-state index in [0.717, 1.165) is 34.4 Å². The van der Waals surface area contributed by atoms with Crippen molar-refractivity contribution >= 4 is 0 Å². The summed E-state index contributed by atoms with van der Waals surface area (Å²) in [5.41, 5.74) is 18.3. The molecule has 1 spiro atoms. The van der Waals surface area contributed by atoms with Gasteiger partial charge in [-0.1, -0.05) is 121 Å². The summed E-state index contributed by atoms with van der Waals surface area (Å²) in [6.07, 6.45) is 6.78. The summed E-state index contributed by atoms with van der Waals surface area (Å²) in [5, 5.41) is 9.58. The summed E-state index contributed by atoms with van der Waals surface area (Å²) in [7, 11) is 0. The Hall–Kier alpha value is -6.04. The Labute approximate surface area is 317 Å². The van der Waals surface area contributed by atoms with Crippen LogP contribution in [-0.2, 0) is 5.41 Å². The molecule has 5 aliphatic carbocycles. The predicted molar refractivity (Wildman–Crippen MR) is 219 cm³/mol. The third-order valence-corrected chi connectivity index (χ3v) is 13.5. The zero-order valence-corrected chi connectivity index (χ0v) is 30.3. The average molecular weight is 693 g/mol. The fraction of sp³-hybridized carbons (Fsp3) is 0.192. The van der Waals surface area contributed by atoms with Crippen LogP contribution in [0, 0.1) is 35.0 Å². The van der Waals surface area contributed by atoms with Gasteiger partial charge in [0.05, 0.1) is 23.0 Å². The summed E-state index contributed by atoms with van der Waals surface area (Å²) in [6, 6.07) is 59.7. The molecule has 0 saturated heterocycles. The fourth-order valence-corrected chi connectivity index (χ4v) is 11.5. The maximum atomic E-state index is 9.58. The number of hydrogen-bond donors (Lipinski definition) is 0. The Morgan fingerprint density at radius 2 is 0.981 bits per heavy atom. The van der Waals surface area contributed by atoms with Crippen molar-refractivity contribution in [2.75, 3.05) is 0 Å². The van der Waals surface area contributed by atoms with E-state index < -0.39 is 0 Å². The Bertz CT molecular complexity index is 2530. The van der Waals surface area contributed by atoms with Gasteiger partial charge in [-0.15, -0.1) is 0 Å². The number of rotatable bonds is 5. The lowest BCUT2D eigenvalue weighted by molar-refractivity contribution is -0.0397. The second kappa shape index (κ2) is 12.3. The van der Waals surface area contributed by atoms with Gasteiger partial charge < -0.3 is 0 Å². The predicted octanol–water partition coefficient (Wildman–Crippen LogP) is 13.0. The molecule has 1 heterocycles. The molecule has 7 aromatic rings. The maximum Gasteiger partial charge on any atom is 0.0991 e. The minimum absolute atomic E-state index is 0.0104. The van der Waals surface area contributed by atoms with Crippen molar-refractivity contribution in [3.05, 3.63) is 174 Å². The molecule has 0 atom stereocenters. The smallest absolute Gasteiger partial charge is 0.0991 e. The monoisotopic (exact) mass is 692 g/mol. The normalized spacial score (nSPS) is 22.9. The zero-order chi connectivity index (χ0) is 35.8. The molecule has 1 aromatic heterocycles. The first-order valence-corrected chi connectivity index (χ1v) is 19.7. The largest absolute Gasteiger partial charge is 0.248 e. The molecule has 2 nitrogen and oxygen atoms in total. The van der Waals surface area contributed by atoms with Crippen molar-refractivity contribution < 1.29 is 0 Å². The number of benzene rings is 6. The first-order chi connectivity index (χ1) is 26.7. The molecule has 4 saturated carbocycles. The molecule has 54 heavy (non-hydrogen) atoms. The molecule has 0 N–H and O–H groups in total. The van der Waals surface area contributed by atoms with Gasteiger partial charge in [0.1, 0.15) is 0 Å². The van der Waals surface area contributed by atoms with Crippen LogP contribution in [0.15, 0.2) is 158 Å². The van der Waals surface area contributed by atoms with Crippen LogP contribution in [0.2, 0.25) is 0 Å². The third-order valence-electron chi connectivity index (χ3n) is 13.5. The van der Waals surface area contributed by atoms with Crippen molar-refractivity contribution in [3.63, 3.8) is 0 Å². The van der Waals surface area contributed by atoms with E-state index in [-0.39, 0.29) is 5.41 Å². The highest BCUT2D eigenvalue weighted by atomic mass is 14.7. The van der Waals surface area contributed by atoms with Crippen LogP contribution < -0.4 is 0 Å². The number of pyridine rings is 1. The summed E-state index contributed by atoms with van der Waals surface area (Å²) >= 11 is 0. The summed E-state index contributed by atoms with van der Waals surface area (Å²) < 4.78 is 0. The number of nitriles is 1. The molecule has 0 aliphatic heterocycles. The first-order valence-electron chi connectivity index (χ1n) is 19.7. The van der Waals surface area contributed by atoms with Crippen LogP contribution in [0.5, 0.6) is 0 Å². The van der Waals surface area contributed by atoms with Crippen LogP contribution in [-0.4, -0.2) is 4.98 Å². The van der Waals surface area contributed by atoms with E-state index in [0.29, 0.717) is 17.4 Å². The van der Waals surface area contributed by atoms with Gasteiger partial charge in [0.15, 0.2) is 0 Å². The molecule has 0 unspecified atom stereocenters. The van der Waals surface area contributed by atoms with Gasteiger partial charge in [0, 0.05) is 16.5 Å². The van der Waals surface area contributed by atoms with Crippen molar-refractivity contribution in [2.24, 2.45) is 23.7 Å². The van der Waals surface area contributed by atoms with Gasteiger partial charge in [-0.25, -0.2) is 4.98 Å². The Morgan fingerprint density at radius 1 is 0.444 bits per heavy atom. The van der Waals surface area contributed by atoms with Crippen LogP contribution in [0.4, 0.5) is 0 Å². The molecule has 0 radical (unpaired) electrons. The van der Waals surface area contributed by atoms with E-state index in [2.05, 4.69) is 152 Å². The van der Waals surface area contributed by atoms with Gasteiger partial charge in [-0.3, -0.25) is 0 Å². The van der Waals surface area contributed by atoms with Crippen LogP contribution in [0.25, 0.3) is 67.0 Å². The number of fused-ring (bicyclic) bond motifs is 3. The second-order valence-electron chi connectivity index (χ2n) is 16.3. The quantitative estimate of drug-likeness (QED) is 0.180. The van der Waals surface area contributed by atoms with E-state index in [1.165, 1.54) is 76.6 Å². The highest BCUT2D eigenvalue weighted by Crippen LogP contribution is 2.70. The van der Waals surface area contributed by atoms with E-state index in [9.17, 15) is 5.26 Å². The Kier molecular flexibility index (Phi) is 7.15. The van der Waals surface area contributed by atoms with Gasteiger partial charge in [-0.05, 0) is 148 Å². The Balaban J connectivity index is 1.06. The molecular formula is C52H40N2. The van der Waals surface area contributed by atoms with Crippen molar-refractivity contribution in [3.8, 4) is 73.1 Å². The highest BCUT2D eigenvalue weighted by Gasteiger charge is 2.62. The fourth-order valence-electron chi connectivity index (χ4n) is 11.5. The van der Waals surface area contributed by atoms with Gasteiger partial charge in [-0.2, -0.15) is 5.26 Å². The lowest BCUT2D eigenvalue weighted by Gasteiger charge is -2.61. The topological polar surface area (TPSA) is 36.7 Å². The van der Waals surface area contributed by atoms with Crippen LogP contribution in [0.1, 0.15) is 48.8 Å². The van der Waals surface area contributed by atoms with E-state index >= 15 is 0 Å². The molecule has 6 aromatic carbocycles. The third kappa shape index (κ3) is 4.81. The number of nitrogens with zero attached hydrogens (tertiary/aromatic N) is 2. The summed E-state index contributed by atoms with van der Waals surface area (Å²) in [5.74, 6) is 3.04. The van der Waals surface area contributed by atoms with Gasteiger partial charge in [0.25, 0.3) is 0 Å². The second-order valence-corrected chi connectivity index (χ2v) is 16.3. The van der Waals surface area contributed by atoms with Gasteiger partial charge in [0.2, 0.25) is 0 Å². The average Bonchev–Trinajstić information content (AvgIpc) is 3.53. The number of aromatic nitrogens is 1. The zero-order valence-electron chi connectivity index (χ0n) is 30.3. The van der Waals surface area contributed by atoms with E-state index in [1.807, 2.05) is 12.1 Å². The lowest BCUT2D eigenvalue weighted by atomic mass is 9.42.